The maximum Gasteiger partial charge on any atom is 0.271 e. The van der Waals surface area contributed by atoms with Gasteiger partial charge in [0.25, 0.3) is 5.56 Å². The van der Waals surface area contributed by atoms with E-state index in [1.54, 1.807) is 16.8 Å². The fourth-order valence-electron chi connectivity index (χ4n) is 5.32. The number of aryl methyl sites for hydroxylation is 1. The zero-order valence-corrected chi connectivity index (χ0v) is 22.3. The Morgan fingerprint density at radius 3 is 2.54 bits per heavy atom. The lowest BCUT2D eigenvalue weighted by atomic mass is 10.1. The smallest absolute Gasteiger partial charge is 0.271 e. The number of fused-ring (bicyclic) bond motifs is 1. The molecular formula is C27H34ClN5OS. The van der Waals surface area contributed by atoms with Gasteiger partial charge < -0.3 is 10.2 Å². The molecule has 5 rings (SSSR count). The van der Waals surface area contributed by atoms with Gasteiger partial charge in [0.15, 0.2) is 0 Å². The molecule has 0 spiro atoms. The molecular weight excluding hydrogens is 478 g/mol. The Morgan fingerprint density at radius 1 is 1.11 bits per heavy atom. The molecule has 6 nitrogen and oxygen atoms in total. The van der Waals surface area contributed by atoms with Crippen molar-refractivity contribution < 1.29 is 0 Å². The lowest BCUT2D eigenvalue weighted by Gasteiger charge is -2.34. The number of halogens is 1. The molecule has 35 heavy (non-hydrogen) atoms. The summed E-state index contributed by atoms with van der Waals surface area (Å²) in [6, 6.07) is 9.01. The molecule has 0 atom stereocenters. The summed E-state index contributed by atoms with van der Waals surface area (Å²) in [5, 5.41) is 5.07. The van der Waals surface area contributed by atoms with Crippen LogP contribution in [0.1, 0.15) is 64.0 Å². The molecule has 0 radical (unpaired) electrons. The van der Waals surface area contributed by atoms with E-state index in [0.29, 0.717) is 22.9 Å². The Kier molecular flexibility index (Phi) is 7.37. The second-order valence-electron chi connectivity index (χ2n) is 10.1. The van der Waals surface area contributed by atoms with Gasteiger partial charge in [0.2, 0.25) is 5.95 Å². The maximum absolute atomic E-state index is 12.9. The van der Waals surface area contributed by atoms with Crippen LogP contribution in [0.3, 0.4) is 0 Å². The van der Waals surface area contributed by atoms with Gasteiger partial charge in [-0.15, -0.1) is 11.8 Å². The van der Waals surface area contributed by atoms with E-state index in [1.165, 1.54) is 30.8 Å². The van der Waals surface area contributed by atoms with E-state index in [4.69, 9.17) is 16.6 Å². The first kappa shape index (κ1) is 24.6. The molecule has 1 saturated carbocycles. The summed E-state index contributed by atoms with van der Waals surface area (Å²) >= 11 is 8.25. The highest BCUT2D eigenvalue weighted by Gasteiger charge is 2.23. The second kappa shape index (κ2) is 10.5. The van der Waals surface area contributed by atoms with Crippen LogP contribution in [0.25, 0.3) is 11.0 Å². The Bertz CT molecular complexity index is 1260. The molecule has 2 aromatic heterocycles. The van der Waals surface area contributed by atoms with Crippen molar-refractivity contribution in [3.05, 3.63) is 51.4 Å². The summed E-state index contributed by atoms with van der Waals surface area (Å²) in [5.74, 6) is 0.496. The number of piperidine rings is 1. The van der Waals surface area contributed by atoms with E-state index in [1.807, 2.05) is 11.8 Å². The van der Waals surface area contributed by atoms with Gasteiger partial charge in [0.1, 0.15) is 10.7 Å². The predicted molar refractivity (Wildman–Crippen MR) is 146 cm³/mol. The second-order valence-corrected chi connectivity index (χ2v) is 11.9. The molecule has 8 heteroatoms. The third-order valence-electron chi connectivity index (χ3n) is 7.37. The summed E-state index contributed by atoms with van der Waals surface area (Å²) in [4.78, 5) is 26.0. The third kappa shape index (κ3) is 5.37. The number of likely N-dealkylation sites (tertiary alicyclic amines) is 1. The Balaban J connectivity index is 1.34. The van der Waals surface area contributed by atoms with Gasteiger partial charge in [-0.1, -0.05) is 24.4 Å². The van der Waals surface area contributed by atoms with E-state index in [0.717, 1.165) is 42.3 Å². The standard InChI is InChI=1S/C27H34ClN5OS/c1-17(2)32-12-10-21(11-13-32)35-22-8-9-24(18(3)14-22)30-27-29-16-19-15-23(28)26(34)33(25(19)31-27)20-6-4-5-7-20/h8-9,14-17,20-21H,4-7,10-13H2,1-3H3,(H,29,30,31). The largest absolute Gasteiger partial charge is 0.324 e. The van der Waals surface area contributed by atoms with Gasteiger partial charge >= 0.3 is 0 Å². The Hall–Kier alpha value is -2.09. The highest BCUT2D eigenvalue weighted by atomic mass is 35.5. The predicted octanol–water partition coefficient (Wildman–Crippen LogP) is 6.58. The highest BCUT2D eigenvalue weighted by molar-refractivity contribution is 8.00. The first-order valence-electron chi connectivity index (χ1n) is 12.7. The first-order valence-corrected chi connectivity index (χ1v) is 14.0. The fraction of sp³-hybridized carbons (Fsp3) is 0.519. The Labute approximate surface area is 216 Å². The van der Waals surface area contributed by atoms with Crippen LogP contribution in [-0.2, 0) is 0 Å². The molecule has 1 saturated heterocycles. The number of hydrogen-bond donors (Lipinski definition) is 1. The zero-order chi connectivity index (χ0) is 24.5. The van der Waals surface area contributed by atoms with Crippen LogP contribution in [0, 0.1) is 6.92 Å². The molecule has 1 aliphatic heterocycles. The van der Waals surface area contributed by atoms with Crippen molar-refractivity contribution >= 4 is 46.0 Å². The van der Waals surface area contributed by atoms with Crippen LogP contribution in [0.15, 0.2) is 40.2 Å². The van der Waals surface area contributed by atoms with E-state index in [-0.39, 0.29) is 16.6 Å². The first-order chi connectivity index (χ1) is 16.9. The van der Waals surface area contributed by atoms with Gasteiger partial charge in [0, 0.05) is 39.5 Å². The number of anilines is 2. The summed E-state index contributed by atoms with van der Waals surface area (Å²) in [6.07, 6.45) is 8.45. The molecule has 1 aromatic carbocycles. The van der Waals surface area contributed by atoms with Crippen LogP contribution in [-0.4, -0.2) is 43.8 Å². The molecule has 0 unspecified atom stereocenters. The van der Waals surface area contributed by atoms with Crippen molar-refractivity contribution in [1.29, 1.82) is 0 Å². The zero-order valence-electron chi connectivity index (χ0n) is 20.8. The van der Waals surface area contributed by atoms with Crippen molar-refractivity contribution in [2.45, 2.75) is 81.5 Å². The van der Waals surface area contributed by atoms with E-state index < -0.39 is 0 Å². The summed E-state index contributed by atoms with van der Waals surface area (Å²) in [7, 11) is 0. The summed E-state index contributed by atoms with van der Waals surface area (Å²) in [5.41, 5.74) is 2.63. The molecule has 2 aliphatic rings. The fourth-order valence-corrected chi connectivity index (χ4v) is 6.75. The van der Waals surface area contributed by atoms with Crippen molar-refractivity contribution in [2.75, 3.05) is 18.4 Å². The van der Waals surface area contributed by atoms with Crippen LogP contribution in [0.5, 0.6) is 0 Å². The van der Waals surface area contributed by atoms with E-state index in [9.17, 15) is 4.79 Å². The lowest BCUT2D eigenvalue weighted by molar-refractivity contribution is 0.188. The minimum absolute atomic E-state index is 0.150. The summed E-state index contributed by atoms with van der Waals surface area (Å²) in [6.45, 7) is 9.05. The lowest BCUT2D eigenvalue weighted by Crippen LogP contribution is -2.39. The molecule has 2 fully saturated rings. The molecule has 0 bridgehead atoms. The topological polar surface area (TPSA) is 63.1 Å². The number of thioether (sulfide) groups is 1. The monoisotopic (exact) mass is 511 g/mol. The highest BCUT2D eigenvalue weighted by Crippen LogP contribution is 2.34. The SMILES string of the molecule is Cc1cc(SC2CCN(C(C)C)CC2)ccc1Nc1ncc2cc(Cl)c(=O)n(C3CCCC3)c2n1. The minimum atomic E-state index is -0.160. The number of benzene rings is 1. The third-order valence-corrected chi connectivity index (χ3v) is 8.97. The average Bonchev–Trinajstić information content (AvgIpc) is 3.37. The molecule has 0 amide bonds. The van der Waals surface area contributed by atoms with Crippen LogP contribution in [0.2, 0.25) is 5.02 Å². The molecule has 1 aliphatic carbocycles. The number of nitrogens with one attached hydrogen (secondary N) is 1. The van der Waals surface area contributed by atoms with Crippen molar-refractivity contribution in [3.63, 3.8) is 0 Å². The average molecular weight is 512 g/mol. The number of rotatable bonds is 6. The van der Waals surface area contributed by atoms with Gasteiger partial charge in [-0.25, -0.2) is 4.98 Å². The van der Waals surface area contributed by atoms with Gasteiger partial charge in [-0.3, -0.25) is 9.36 Å². The van der Waals surface area contributed by atoms with Crippen molar-refractivity contribution in [1.82, 2.24) is 19.4 Å². The Morgan fingerprint density at radius 2 is 1.86 bits per heavy atom. The van der Waals surface area contributed by atoms with Crippen molar-refractivity contribution in [3.8, 4) is 0 Å². The van der Waals surface area contributed by atoms with Crippen LogP contribution in [0.4, 0.5) is 11.6 Å². The molecule has 1 N–H and O–H groups in total. The quantitative estimate of drug-likeness (QED) is 0.403. The number of aromatic nitrogens is 3. The van der Waals surface area contributed by atoms with Crippen LogP contribution < -0.4 is 10.9 Å². The molecule has 3 aromatic rings. The maximum atomic E-state index is 12.9. The van der Waals surface area contributed by atoms with Crippen molar-refractivity contribution in [2.24, 2.45) is 0 Å². The van der Waals surface area contributed by atoms with Gasteiger partial charge in [0.05, 0.1) is 0 Å². The van der Waals surface area contributed by atoms with E-state index >= 15 is 0 Å². The van der Waals surface area contributed by atoms with Gasteiger partial charge in [-0.05, 0) is 89.4 Å². The van der Waals surface area contributed by atoms with Gasteiger partial charge in [-0.2, -0.15) is 4.98 Å². The normalized spacial score (nSPS) is 18.1. The summed E-state index contributed by atoms with van der Waals surface area (Å²) < 4.78 is 1.79. The van der Waals surface area contributed by atoms with Crippen LogP contribution >= 0.6 is 23.4 Å². The van der Waals surface area contributed by atoms with E-state index in [2.05, 4.69) is 54.2 Å². The molecule has 3 heterocycles. The molecule has 186 valence electrons. The number of nitrogens with zero attached hydrogens (tertiary/aromatic N) is 4. The number of pyridine rings is 1. The minimum Gasteiger partial charge on any atom is -0.324 e. The number of hydrogen-bond acceptors (Lipinski definition) is 6.